The molecule has 1 heterocycles. The average Bonchev–Trinajstić information content (AvgIpc) is 3.09. The lowest BCUT2D eigenvalue weighted by atomic mass is 10.1. The lowest BCUT2D eigenvalue weighted by molar-refractivity contribution is 0.0589. The number of hydrogen-bond donors (Lipinski definition) is 0. The standard InChI is InChI=1S/C24H20Cl2N2O3/c1-14-10-19(11-15(2)22(14)26)31-18-7-4-16(5-8-18)13-28-23(24(29)30-3)20-12-17(25)6-9-21(20)27-28/h4-12H,13H2,1-3H3. The molecule has 0 bridgehead atoms. The minimum atomic E-state index is -0.460. The van der Waals surface area contributed by atoms with E-state index < -0.39 is 5.97 Å². The van der Waals surface area contributed by atoms with Crippen LogP contribution in [0.5, 0.6) is 11.5 Å². The maximum atomic E-state index is 12.4. The van der Waals surface area contributed by atoms with Gasteiger partial charge in [0.2, 0.25) is 0 Å². The molecule has 4 aromatic rings. The van der Waals surface area contributed by atoms with Crippen molar-refractivity contribution < 1.29 is 14.3 Å². The number of carbonyl (C=O) groups is 1. The Hall–Kier alpha value is -3.02. The fourth-order valence-electron chi connectivity index (χ4n) is 3.47. The number of benzene rings is 3. The molecule has 31 heavy (non-hydrogen) atoms. The number of hydrogen-bond acceptors (Lipinski definition) is 4. The molecule has 0 unspecified atom stereocenters. The van der Waals surface area contributed by atoms with E-state index in [1.807, 2.05) is 50.2 Å². The number of aryl methyl sites for hydroxylation is 2. The number of halogens is 2. The first kappa shape index (κ1) is 21.2. The maximum absolute atomic E-state index is 12.4. The van der Waals surface area contributed by atoms with E-state index in [9.17, 15) is 4.79 Å². The summed E-state index contributed by atoms with van der Waals surface area (Å²) in [5.41, 5.74) is 3.94. The Labute approximate surface area is 190 Å². The third-order valence-corrected chi connectivity index (χ3v) is 5.81. The second-order valence-corrected chi connectivity index (χ2v) is 8.09. The Bertz CT molecular complexity index is 1260. The fraction of sp³-hybridized carbons (Fsp3) is 0.167. The summed E-state index contributed by atoms with van der Waals surface area (Å²) >= 11 is 12.3. The predicted molar refractivity (Wildman–Crippen MR) is 123 cm³/mol. The Morgan fingerprint density at radius 2 is 1.65 bits per heavy atom. The number of fused-ring (bicyclic) bond motifs is 1. The minimum absolute atomic E-state index is 0.368. The van der Waals surface area contributed by atoms with Crippen molar-refractivity contribution in [2.24, 2.45) is 0 Å². The Kier molecular flexibility index (Phi) is 5.90. The van der Waals surface area contributed by atoms with Gasteiger partial charge in [-0.3, -0.25) is 4.68 Å². The van der Waals surface area contributed by atoms with Gasteiger partial charge in [0.05, 0.1) is 19.2 Å². The summed E-state index contributed by atoms with van der Waals surface area (Å²) in [5.74, 6) is 0.976. The number of aromatic nitrogens is 2. The van der Waals surface area contributed by atoms with Crippen LogP contribution < -0.4 is 4.74 Å². The van der Waals surface area contributed by atoms with Gasteiger partial charge in [-0.25, -0.2) is 4.79 Å². The molecule has 0 saturated heterocycles. The smallest absolute Gasteiger partial charge is 0.356 e. The van der Waals surface area contributed by atoms with Crippen LogP contribution in [0.2, 0.25) is 10.0 Å². The molecule has 0 aliphatic rings. The van der Waals surface area contributed by atoms with E-state index in [1.54, 1.807) is 22.9 Å². The predicted octanol–water partition coefficient (Wildman–Crippen LogP) is 6.59. The largest absolute Gasteiger partial charge is 0.464 e. The second-order valence-electron chi connectivity index (χ2n) is 7.28. The van der Waals surface area contributed by atoms with E-state index in [2.05, 4.69) is 5.10 Å². The van der Waals surface area contributed by atoms with Crippen LogP contribution in [0, 0.1) is 13.8 Å². The SMILES string of the molecule is COC(=O)c1c2cc(Cl)ccc2nn1Cc1ccc(Oc2cc(C)c(Cl)c(C)c2)cc1. The van der Waals surface area contributed by atoms with Crippen molar-refractivity contribution in [3.63, 3.8) is 0 Å². The van der Waals surface area contributed by atoms with Crippen LogP contribution in [-0.2, 0) is 11.3 Å². The molecule has 0 aliphatic carbocycles. The molecule has 5 nitrogen and oxygen atoms in total. The van der Waals surface area contributed by atoms with Crippen molar-refractivity contribution in [2.75, 3.05) is 7.11 Å². The van der Waals surface area contributed by atoms with Crippen molar-refractivity contribution in [3.8, 4) is 11.5 Å². The van der Waals surface area contributed by atoms with Gasteiger partial charge in [-0.05, 0) is 73.0 Å². The van der Waals surface area contributed by atoms with Gasteiger partial charge in [0.25, 0.3) is 0 Å². The molecule has 7 heteroatoms. The van der Waals surface area contributed by atoms with Gasteiger partial charge in [-0.1, -0.05) is 35.3 Å². The monoisotopic (exact) mass is 454 g/mol. The van der Waals surface area contributed by atoms with Crippen molar-refractivity contribution in [2.45, 2.75) is 20.4 Å². The third-order valence-electron chi connectivity index (χ3n) is 4.98. The lowest BCUT2D eigenvalue weighted by Crippen LogP contribution is -2.13. The number of ether oxygens (including phenoxy) is 2. The highest BCUT2D eigenvalue weighted by Gasteiger charge is 2.19. The van der Waals surface area contributed by atoms with Crippen molar-refractivity contribution >= 4 is 40.1 Å². The first-order chi connectivity index (χ1) is 14.9. The molecule has 3 aromatic carbocycles. The summed E-state index contributed by atoms with van der Waals surface area (Å²) in [6, 6.07) is 16.7. The van der Waals surface area contributed by atoms with E-state index in [0.29, 0.717) is 33.9 Å². The Morgan fingerprint density at radius 1 is 0.968 bits per heavy atom. The number of nitrogens with zero attached hydrogens (tertiary/aromatic N) is 2. The molecule has 1 aromatic heterocycles. The maximum Gasteiger partial charge on any atom is 0.356 e. The summed E-state index contributed by atoms with van der Waals surface area (Å²) in [7, 11) is 1.35. The molecule has 0 radical (unpaired) electrons. The zero-order valence-electron chi connectivity index (χ0n) is 17.3. The highest BCUT2D eigenvalue weighted by molar-refractivity contribution is 6.32. The summed E-state index contributed by atoms with van der Waals surface area (Å²) < 4.78 is 12.6. The molecule has 0 aliphatic heterocycles. The van der Waals surface area contributed by atoms with Crippen LogP contribution in [-0.4, -0.2) is 22.9 Å². The van der Waals surface area contributed by atoms with Crippen molar-refractivity contribution in [1.29, 1.82) is 0 Å². The zero-order valence-corrected chi connectivity index (χ0v) is 18.8. The molecule has 0 fully saturated rings. The van der Waals surface area contributed by atoms with Crippen molar-refractivity contribution in [3.05, 3.63) is 87.0 Å². The van der Waals surface area contributed by atoms with Gasteiger partial charge in [0.15, 0.2) is 5.69 Å². The third kappa shape index (κ3) is 4.38. The van der Waals surface area contributed by atoms with Gasteiger partial charge >= 0.3 is 5.97 Å². The van der Waals surface area contributed by atoms with E-state index in [-0.39, 0.29) is 0 Å². The van der Waals surface area contributed by atoms with E-state index in [4.69, 9.17) is 32.7 Å². The van der Waals surface area contributed by atoms with Gasteiger partial charge in [0, 0.05) is 15.4 Å². The summed E-state index contributed by atoms with van der Waals surface area (Å²) in [4.78, 5) is 12.4. The first-order valence-electron chi connectivity index (χ1n) is 9.63. The minimum Gasteiger partial charge on any atom is -0.464 e. The van der Waals surface area contributed by atoms with Crippen LogP contribution in [0.25, 0.3) is 10.9 Å². The molecule has 0 atom stereocenters. The second kappa shape index (κ2) is 8.61. The highest BCUT2D eigenvalue weighted by Crippen LogP contribution is 2.30. The van der Waals surface area contributed by atoms with Gasteiger partial charge < -0.3 is 9.47 Å². The zero-order chi connectivity index (χ0) is 22.1. The van der Waals surface area contributed by atoms with Crippen LogP contribution in [0.3, 0.4) is 0 Å². The lowest BCUT2D eigenvalue weighted by Gasteiger charge is -2.11. The molecule has 158 valence electrons. The number of methoxy groups -OCH3 is 1. The van der Waals surface area contributed by atoms with Crippen LogP contribution in [0.4, 0.5) is 0 Å². The van der Waals surface area contributed by atoms with E-state index >= 15 is 0 Å². The van der Waals surface area contributed by atoms with Gasteiger partial charge in [-0.15, -0.1) is 0 Å². The molecule has 0 saturated carbocycles. The molecular formula is C24H20Cl2N2O3. The first-order valence-corrected chi connectivity index (χ1v) is 10.4. The van der Waals surface area contributed by atoms with E-state index in [1.165, 1.54) is 7.11 Å². The summed E-state index contributed by atoms with van der Waals surface area (Å²) in [6.07, 6.45) is 0. The molecule has 0 N–H and O–H groups in total. The van der Waals surface area contributed by atoms with Crippen LogP contribution in [0.1, 0.15) is 27.2 Å². The van der Waals surface area contributed by atoms with Gasteiger partial charge in [0.1, 0.15) is 11.5 Å². The van der Waals surface area contributed by atoms with Gasteiger partial charge in [-0.2, -0.15) is 5.10 Å². The van der Waals surface area contributed by atoms with Crippen LogP contribution >= 0.6 is 23.2 Å². The van der Waals surface area contributed by atoms with Crippen molar-refractivity contribution in [1.82, 2.24) is 9.78 Å². The Balaban J connectivity index is 1.59. The molecule has 0 spiro atoms. The van der Waals surface area contributed by atoms with Crippen LogP contribution in [0.15, 0.2) is 54.6 Å². The fourth-order valence-corrected chi connectivity index (χ4v) is 3.75. The highest BCUT2D eigenvalue weighted by atomic mass is 35.5. The molecular weight excluding hydrogens is 435 g/mol. The molecule has 0 amide bonds. The number of rotatable bonds is 5. The normalized spacial score (nSPS) is 11.0. The Morgan fingerprint density at radius 3 is 2.29 bits per heavy atom. The average molecular weight is 455 g/mol. The quantitative estimate of drug-likeness (QED) is 0.319. The summed E-state index contributed by atoms with van der Waals surface area (Å²) in [5, 5.41) is 6.49. The topological polar surface area (TPSA) is 53.3 Å². The number of esters is 1. The number of carbonyl (C=O) groups excluding carboxylic acids is 1. The van der Waals surface area contributed by atoms with E-state index in [0.717, 1.165) is 27.5 Å². The molecule has 4 rings (SSSR count). The summed E-state index contributed by atoms with van der Waals surface area (Å²) in [6.45, 7) is 4.30.